The minimum absolute atomic E-state index is 0. The standard InChI is InChI=1S/C24H21NP.CH3/c25-20-16-18-24(19-17-20)26(21-10-4-1-5-11-21,22-12-6-2-7-13-22)23-14-8-3-9-15-23;/h1-19H,25H2;1H3/q+1;-1. The van der Waals surface area contributed by atoms with E-state index in [0.29, 0.717) is 0 Å². The van der Waals surface area contributed by atoms with Crippen LogP contribution in [0.1, 0.15) is 0 Å². The zero-order valence-corrected chi connectivity index (χ0v) is 16.4. The first-order valence-corrected chi connectivity index (χ1v) is 10.5. The van der Waals surface area contributed by atoms with Crippen LogP contribution in [-0.2, 0) is 0 Å². The van der Waals surface area contributed by atoms with Crippen molar-refractivity contribution in [3.63, 3.8) is 0 Å². The van der Waals surface area contributed by atoms with E-state index in [9.17, 15) is 0 Å². The Morgan fingerprint density at radius 3 is 1.04 bits per heavy atom. The number of rotatable bonds is 4. The van der Waals surface area contributed by atoms with Gasteiger partial charge in [-0.2, -0.15) is 0 Å². The first-order valence-electron chi connectivity index (χ1n) is 8.74. The van der Waals surface area contributed by atoms with Gasteiger partial charge in [-0.3, -0.25) is 0 Å². The van der Waals surface area contributed by atoms with Gasteiger partial charge in [0, 0.05) is 5.69 Å². The van der Waals surface area contributed by atoms with E-state index in [1.54, 1.807) is 0 Å². The number of benzene rings is 4. The van der Waals surface area contributed by atoms with Crippen LogP contribution in [0.5, 0.6) is 0 Å². The second kappa shape index (κ2) is 8.20. The van der Waals surface area contributed by atoms with Gasteiger partial charge in [0.25, 0.3) is 0 Å². The van der Waals surface area contributed by atoms with E-state index >= 15 is 0 Å². The van der Waals surface area contributed by atoms with Crippen LogP contribution in [0.2, 0.25) is 0 Å². The lowest BCUT2D eigenvalue weighted by molar-refractivity contribution is 1.70. The molecule has 1 nitrogen and oxygen atoms in total. The average molecular weight is 369 g/mol. The highest BCUT2D eigenvalue weighted by atomic mass is 31.2. The molecule has 0 aliphatic rings. The second-order valence-corrected chi connectivity index (χ2v) is 9.68. The normalized spacial score (nSPS) is 10.8. The van der Waals surface area contributed by atoms with Crippen LogP contribution in [0, 0.1) is 7.43 Å². The van der Waals surface area contributed by atoms with E-state index in [-0.39, 0.29) is 7.43 Å². The monoisotopic (exact) mass is 369 g/mol. The summed E-state index contributed by atoms with van der Waals surface area (Å²) in [5.41, 5.74) is 6.79. The molecule has 0 spiro atoms. The fourth-order valence-corrected chi connectivity index (χ4v) is 7.79. The zero-order chi connectivity index (χ0) is 17.8. The Bertz CT molecular complexity index is 868. The van der Waals surface area contributed by atoms with Gasteiger partial charge in [-0.1, -0.05) is 54.6 Å². The summed E-state index contributed by atoms with van der Waals surface area (Å²) >= 11 is 0. The van der Waals surface area contributed by atoms with E-state index in [1.807, 2.05) is 12.1 Å². The molecule has 0 amide bonds. The van der Waals surface area contributed by atoms with Crippen molar-refractivity contribution in [2.45, 2.75) is 0 Å². The number of anilines is 1. The summed E-state index contributed by atoms with van der Waals surface area (Å²) in [4.78, 5) is 0. The van der Waals surface area contributed by atoms with E-state index < -0.39 is 7.26 Å². The molecule has 0 heterocycles. The maximum absolute atomic E-state index is 6.00. The molecule has 0 saturated carbocycles. The molecule has 4 rings (SSSR count). The molecular weight excluding hydrogens is 345 g/mol. The number of hydrogen-bond donors (Lipinski definition) is 1. The molecule has 4 aromatic carbocycles. The molecule has 0 unspecified atom stereocenters. The zero-order valence-electron chi connectivity index (χ0n) is 15.5. The van der Waals surface area contributed by atoms with Crippen LogP contribution >= 0.6 is 7.26 Å². The highest BCUT2D eigenvalue weighted by Gasteiger charge is 2.47. The third-order valence-corrected chi connectivity index (χ3v) is 9.00. The van der Waals surface area contributed by atoms with Gasteiger partial charge in [0.1, 0.15) is 28.5 Å². The van der Waals surface area contributed by atoms with Gasteiger partial charge in [0.2, 0.25) is 0 Å². The van der Waals surface area contributed by atoms with Gasteiger partial charge in [-0.25, -0.2) is 0 Å². The molecule has 2 heteroatoms. The van der Waals surface area contributed by atoms with Crippen molar-refractivity contribution in [3.05, 3.63) is 123 Å². The van der Waals surface area contributed by atoms with Crippen LogP contribution in [0.4, 0.5) is 5.69 Å². The van der Waals surface area contributed by atoms with Gasteiger partial charge in [0.05, 0.1) is 0 Å². The van der Waals surface area contributed by atoms with Crippen LogP contribution in [0.25, 0.3) is 0 Å². The van der Waals surface area contributed by atoms with Gasteiger partial charge in [-0.15, -0.1) is 0 Å². The Morgan fingerprint density at radius 2 is 0.704 bits per heavy atom. The van der Waals surface area contributed by atoms with Gasteiger partial charge in [-0.05, 0) is 60.7 Å². The molecular formula is C25H24NP. The molecule has 2 N–H and O–H groups in total. The molecule has 0 bridgehead atoms. The van der Waals surface area contributed by atoms with Gasteiger partial charge in [0.15, 0.2) is 0 Å². The Morgan fingerprint density at radius 1 is 0.407 bits per heavy atom. The highest BCUT2D eigenvalue weighted by Crippen LogP contribution is 2.54. The fourth-order valence-electron chi connectivity index (χ4n) is 3.55. The van der Waals surface area contributed by atoms with E-state index in [0.717, 1.165) is 5.69 Å². The Kier molecular flexibility index (Phi) is 5.74. The molecule has 27 heavy (non-hydrogen) atoms. The van der Waals surface area contributed by atoms with Gasteiger partial charge >= 0.3 is 0 Å². The molecule has 0 atom stereocenters. The van der Waals surface area contributed by atoms with Gasteiger partial charge < -0.3 is 13.2 Å². The summed E-state index contributed by atoms with van der Waals surface area (Å²) in [6.07, 6.45) is 0. The summed E-state index contributed by atoms with van der Waals surface area (Å²) < 4.78 is 0. The quantitative estimate of drug-likeness (QED) is 0.323. The van der Waals surface area contributed by atoms with Crippen molar-refractivity contribution < 1.29 is 0 Å². The van der Waals surface area contributed by atoms with Crippen LogP contribution < -0.4 is 27.0 Å². The van der Waals surface area contributed by atoms with E-state index in [1.165, 1.54) is 21.2 Å². The minimum Gasteiger partial charge on any atom is -0.399 e. The average Bonchev–Trinajstić information content (AvgIpc) is 2.72. The van der Waals surface area contributed by atoms with Crippen molar-refractivity contribution in [2.24, 2.45) is 0 Å². The molecule has 0 radical (unpaired) electrons. The number of nitrogen functional groups attached to an aromatic ring is 1. The maximum atomic E-state index is 6.00. The summed E-state index contributed by atoms with van der Waals surface area (Å²) in [5, 5.41) is 5.36. The third-order valence-electron chi connectivity index (χ3n) is 4.71. The van der Waals surface area contributed by atoms with Crippen molar-refractivity contribution in [1.29, 1.82) is 0 Å². The summed E-state index contributed by atoms with van der Waals surface area (Å²) in [5.74, 6) is 0. The topological polar surface area (TPSA) is 26.0 Å². The summed E-state index contributed by atoms with van der Waals surface area (Å²) in [6.45, 7) is 0. The molecule has 0 aliphatic heterocycles. The van der Waals surface area contributed by atoms with Crippen molar-refractivity contribution in [1.82, 2.24) is 0 Å². The molecule has 0 saturated heterocycles. The first-order chi connectivity index (χ1) is 12.8. The smallest absolute Gasteiger partial charge is 0.144 e. The number of hydrogen-bond acceptors (Lipinski definition) is 1. The molecule has 134 valence electrons. The summed E-state index contributed by atoms with van der Waals surface area (Å²) in [7, 11) is -1.98. The Hall–Kier alpha value is -2.89. The van der Waals surface area contributed by atoms with Crippen molar-refractivity contribution in [3.8, 4) is 0 Å². The predicted molar refractivity (Wildman–Crippen MR) is 122 cm³/mol. The van der Waals surface area contributed by atoms with E-state index in [4.69, 9.17) is 5.73 Å². The lowest BCUT2D eigenvalue weighted by Crippen LogP contribution is -2.38. The van der Waals surface area contributed by atoms with Crippen LogP contribution in [0.3, 0.4) is 0 Å². The predicted octanol–water partition coefficient (Wildman–Crippen LogP) is 4.34. The van der Waals surface area contributed by atoms with Crippen LogP contribution in [0.15, 0.2) is 115 Å². The molecule has 4 aromatic rings. The Balaban J connectivity index is 0.00000210. The largest absolute Gasteiger partial charge is 0.399 e. The third kappa shape index (κ3) is 3.39. The lowest BCUT2D eigenvalue weighted by atomic mass is 10.3. The SMILES string of the molecule is Nc1ccc([P+](c2ccccc2)(c2ccccc2)c2ccccc2)cc1.[CH3-]. The Labute approximate surface area is 162 Å². The van der Waals surface area contributed by atoms with E-state index in [2.05, 4.69) is 103 Å². The molecule has 0 fully saturated rings. The molecule has 0 aromatic heterocycles. The van der Waals surface area contributed by atoms with Crippen molar-refractivity contribution >= 4 is 34.2 Å². The van der Waals surface area contributed by atoms with Crippen LogP contribution in [-0.4, -0.2) is 0 Å². The lowest BCUT2D eigenvalue weighted by Gasteiger charge is -2.27. The number of nitrogens with two attached hydrogens (primary N) is 1. The second-order valence-electron chi connectivity index (χ2n) is 6.27. The first kappa shape index (κ1) is 18.9. The van der Waals surface area contributed by atoms with Crippen molar-refractivity contribution in [2.75, 3.05) is 5.73 Å². The maximum Gasteiger partial charge on any atom is 0.144 e. The minimum atomic E-state index is -1.98. The summed E-state index contributed by atoms with van der Waals surface area (Å²) in [6, 6.07) is 41.0. The fraction of sp³-hybridized carbons (Fsp3) is 0. The highest BCUT2D eigenvalue weighted by molar-refractivity contribution is 8.01. The molecule has 0 aliphatic carbocycles.